The van der Waals surface area contributed by atoms with Gasteiger partial charge in [-0.2, -0.15) is 0 Å². The van der Waals surface area contributed by atoms with Crippen LogP contribution in [0.2, 0.25) is 0 Å². The van der Waals surface area contributed by atoms with Gasteiger partial charge in [0.15, 0.2) is 0 Å². The minimum atomic E-state index is -0.465. The number of carbonyl (C=O) groups is 1. The van der Waals surface area contributed by atoms with Gasteiger partial charge in [0, 0.05) is 0 Å². The van der Waals surface area contributed by atoms with Crippen LogP contribution in [0, 0.1) is 10.8 Å². The van der Waals surface area contributed by atoms with Gasteiger partial charge < -0.3 is 5.11 Å². The van der Waals surface area contributed by atoms with Gasteiger partial charge in [0.2, 0.25) is 0 Å². The summed E-state index contributed by atoms with van der Waals surface area (Å²) in [5.74, 6) is 0.164. The zero-order chi connectivity index (χ0) is 11.0. The van der Waals surface area contributed by atoms with Crippen LogP contribution in [0.3, 0.4) is 0 Å². The van der Waals surface area contributed by atoms with Crippen molar-refractivity contribution in [3.05, 3.63) is 0 Å². The molecule has 0 aromatic carbocycles. The van der Waals surface area contributed by atoms with Crippen molar-refractivity contribution in [2.45, 2.75) is 59.5 Å². The fraction of sp³-hybridized carbons (Fsp3) is 0.917. The van der Waals surface area contributed by atoms with E-state index in [1.165, 1.54) is 0 Å². The minimum absolute atomic E-state index is 0.0964. The molecule has 1 aliphatic rings. The van der Waals surface area contributed by atoms with Gasteiger partial charge in [-0.3, -0.25) is 4.79 Å². The molecule has 1 rings (SSSR count). The highest BCUT2D eigenvalue weighted by Gasteiger charge is 2.53. The topological polar surface area (TPSA) is 37.3 Å². The molecule has 0 radical (unpaired) electrons. The number of aliphatic hydroxyl groups is 1. The third-order valence-electron chi connectivity index (χ3n) is 3.88. The van der Waals surface area contributed by atoms with Crippen molar-refractivity contribution in [3.8, 4) is 0 Å². The fourth-order valence-corrected chi connectivity index (χ4v) is 2.82. The van der Waals surface area contributed by atoms with Crippen LogP contribution in [0.15, 0.2) is 0 Å². The van der Waals surface area contributed by atoms with Crippen LogP contribution in [0.25, 0.3) is 0 Å². The highest BCUT2D eigenvalue weighted by Crippen LogP contribution is 2.52. The molecule has 2 atom stereocenters. The molecule has 1 aliphatic carbocycles. The first-order chi connectivity index (χ1) is 6.37. The molecule has 1 fully saturated rings. The van der Waals surface area contributed by atoms with E-state index in [0.717, 1.165) is 25.7 Å². The Morgan fingerprint density at radius 2 is 2.00 bits per heavy atom. The van der Waals surface area contributed by atoms with Gasteiger partial charge in [0.05, 0.1) is 11.5 Å². The zero-order valence-corrected chi connectivity index (χ0v) is 9.76. The normalized spacial score (nSPS) is 35.9. The highest BCUT2D eigenvalue weighted by molar-refractivity contribution is 5.83. The Morgan fingerprint density at radius 3 is 2.29 bits per heavy atom. The lowest BCUT2D eigenvalue weighted by Crippen LogP contribution is -2.42. The van der Waals surface area contributed by atoms with Crippen molar-refractivity contribution >= 4 is 5.78 Å². The smallest absolute Gasteiger partial charge is 0.138 e. The lowest BCUT2D eigenvalue weighted by atomic mass is 9.73. The lowest BCUT2D eigenvalue weighted by Gasteiger charge is -2.34. The molecule has 2 unspecified atom stereocenters. The minimum Gasteiger partial charge on any atom is -0.392 e. The van der Waals surface area contributed by atoms with Crippen molar-refractivity contribution in [2.24, 2.45) is 10.8 Å². The Hall–Kier alpha value is -0.370. The molecule has 0 aromatic rings. The summed E-state index contributed by atoms with van der Waals surface area (Å²) in [6.45, 7) is 7.80. The maximum atomic E-state index is 11.7. The number of Topliss-reactive ketones (excluding diaryl/α,β-unsaturated/α-hetero) is 1. The summed E-state index contributed by atoms with van der Waals surface area (Å²) in [4.78, 5) is 11.7. The van der Waals surface area contributed by atoms with Gasteiger partial charge in [0.1, 0.15) is 5.78 Å². The number of hydrogen-bond donors (Lipinski definition) is 1. The second-order valence-corrected chi connectivity index (χ2v) is 5.35. The van der Waals surface area contributed by atoms with Crippen molar-refractivity contribution in [1.82, 2.24) is 0 Å². The van der Waals surface area contributed by atoms with Crippen molar-refractivity contribution < 1.29 is 9.90 Å². The summed E-state index contributed by atoms with van der Waals surface area (Å²) in [5.41, 5.74) is -0.543. The Balaban J connectivity index is 2.96. The maximum Gasteiger partial charge on any atom is 0.138 e. The van der Waals surface area contributed by atoms with Crippen LogP contribution < -0.4 is 0 Å². The Morgan fingerprint density at radius 1 is 1.43 bits per heavy atom. The van der Waals surface area contributed by atoms with Crippen molar-refractivity contribution in [2.75, 3.05) is 0 Å². The van der Waals surface area contributed by atoms with Gasteiger partial charge in [0.25, 0.3) is 0 Å². The van der Waals surface area contributed by atoms with E-state index in [-0.39, 0.29) is 11.2 Å². The summed E-state index contributed by atoms with van der Waals surface area (Å²) >= 11 is 0. The van der Waals surface area contributed by atoms with Crippen LogP contribution >= 0.6 is 0 Å². The lowest BCUT2D eigenvalue weighted by molar-refractivity contribution is -0.135. The number of carbonyl (C=O) groups excluding carboxylic acids is 1. The third kappa shape index (κ3) is 1.60. The second-order valence-electron chi connectivity index (χ2n) is 5.35. The monoisotopic (exact) mass is 198 g/mol. The molecule has 0 aliphatic heterocycles. The van der Waals surface area contributed by atoms with E-state index in [4.69, 9.17) is 0 Å². The highest BCUT2D eigenvalue weighted by atomic mass is 16.3. The van der Waals surface area contributed by atoms with E-state index in [1.54, 1.807) is 6.92 Å². The molecule has 0 heterocycles. The van der Waals surface area contributed by atoms with E-state index < -0.39 is 11.5 Å². The third-order valence-corrected chi connectivity index (χ3v) is 3.88. The first kappa shape index (κ1) is 11.7. The Kier molecular flexibility index (Phi) is 3.05. The van der Waals surface area contributed by atoms with Crippen molar-refractivity contribution in [1.29, 1.82) is 0 Å². The van der Waals surface area contributed by atoms with Crippen molar-refractivity contribution in [3.63, 3.8) is 0 Å². The molecule has 0 bridgehead atoms. The Bertz CT molecular complexity index is 232. The number of ketones is 1. The van der Waals surface area contributed by atoms with E-state index in [2.05, 4.69) is 20.8 Å². The largest absolute Gasteiger partial charge is 0.392 e. The van der Waals surface area contributed by atoms with Gasteiger partial charge in [-0.15, -0.1) is 0 Å². The van der Waals surface area contributed by atoms with E-state index in [1.807, 2.05) is 0 Å². The predicted octanol–water partition coefficient (Wildman–Crippen LogP) is 2.54. The maximum absolute atomic E-state index is 11.7. The average Bonchev–Trinajstić information content (AvgIpc) is 2.31. The zero-order valence-electron chi connectivity index (χ0n) is 9.76. The number of aliphatic hydroxyl groups excluding tert-OH is 1. The molecule has 0 saturated heterocycles. The summed E-state index contributed by atoms with van der Waals surface area (Å²) in [5, 5.41) is 10.2. The summed E-state index contributed by atoms with van der Waals surface area (Å²) in [6.07, 6.45) is 3.13. The standard InChI is InChI=1S/C12H22O2/c1-5-6-12(9(2)13)8-7-11(3,4)10(12)14/h10,14H,5-8H2,1-4H3. The van der Waals surface area contributed by atoms with Gasteiger partial charge in [-0.05, 0) is 31.6 Å². The molecule has 14 heavy (non-hydrogen) atoms. The van der Waals surface area contributed by atoms with E-state index >= 15 is 0 Å². The van der Waals surface area contributed by atoms with Crippen LogP contribution in [0.4, 0.5) is 0 Å². The second kappa shape index (κ2) is 3.65. The number of hydrogen-bond acceptors (Lipinski definition) is 2. The van der Waals surface area contributed by atoms with Gasteiger partial charge in [-0.1, -0.05) is 27.2 Å². The molecular formula is C12H22O2. The molecule has 2 heteroatoms. The quantitative estimate of drug-likeness (QED) is 0.756. The summed E-state index contributed by atoms with van der Waals surface area (Å²) in [6, 6.07) is 0. The summed E-state index contributed by atoms with van der Waals surface area (Å²) < 4.78 is 0. The molecule has 2 nitrogen and oxygen atoms in total. The molecule has 1 N–H and O–H groups in total. The fourth-order valence-electron chi connectivity index (χ4n) is 2.82. The average molecular weight is 198 g/mol. The molecule has 0 aromatic heterocycles. The Labute approximate surface area is 86.7 Å². The first-order valence-electron chi connectivity index (χ1n) is 5.56. The van der Waals surface area contributed by atoms with Crippen LogP contribution in [0.5, 0.6) is 0 Å². The summed E-state index contributed by atoms with van der Waals surface area (Å²) in [7, 11) is 0. The molecule has 82 valence electrons. The molecular weight excluding hydrogens is 176 g/mol. The van der Waals surface area contributed by atoms with Gasteiger partial charge in [-0.25, -0.2) is 0 Å². The van der Waals surface area contributed by atoms with E-state index in [9.17, 15) is 9.90 Å². The first-order valence-corrected chi connectivity index (χ1v) is 5.56. The molecule has 1 saturated carbocycles. The SMILES string of the molecule is CCCC1(C(C)=O)CCC(C)(C)C1O. The van der Waals surface area contributed by atoms with Crippen LogP contribution in [-0.2, 0) is 4.79 Å². The van der Waals surface area contributed by atoms with E-state index in [0.29, 0.717) is 0 Å². The molecule has 0 amide bonds. The van der Waals surface area contributed by atoms with Gasteiger partial charge >= 0.3 is 0 Å². The predicted molar refractivity (Wildman–Crippen MR) is 57.0 cm³/mol. The number of rotatable bonds is 3. The molecule has 0 spiro atoms. The van der Waals surface area contributed by atoms with Crippen LogP contribution in [0.1, 0.15) is 53.4 Å². The van der Waals surface area contributed by atoms with Crippen LogP contribution in [-0.4, -0.2) is 17.0 Å².